The van der Waals surface area contributed by atoms with Crippen molar-refractivity contribution in [2.24, 2.45) is 5.73 Å². The number of nitrogens with one attached hydrogen (secondary N) is 3. The fourth-order valence-electron chi connectivity index (χ4n) is 3.10. The van der Waals surface area contributed by atoms with E-state index in [9.17, 15) is 9.90 Å². The molecule has 0 fully saturated rings. The first-order valence-corrected chi connectivity index (χ1v) is 8.91. The predicted molar refractivity (Wildman–Crippen MR) is 103 cm³/mol. The summed E-state index contributed by atoms with van der Waals surface area (Å²) in [6, 6.07) is 11.1. The topological polar surface area (TPSA) is 109 Å². The van der Waals surface area contributed by atoms with E-state index in [1.54, 1.807) is 12.1 Å². The average molecular weight is 417 g/mol. The van der Waals surface area contributed by atoms with Gasteiger partial charge in [0, 0.05) is 34.4 Å². The number of nitrogens with two attached hydrogens (primary N) is 1. The summed E-state index contributed by atoms with van der Waals surface area (Å²) >= 11 is 3.46. The maximum atomic E-state index is 12.7. The molecule has 0 aromatic heterocycles. The molecule has 0 radical (unpaired) electrons. The van der Waals surface area contributed by atoms with Crippen molar-refractivity contribution in [2.75, 3.05) is 23.7 Å². The number of amides is 1. The number of fused-ring (bicyclic) bond motifs is 2. The molecule has 0 spiro atoms. The summed E-state index contributed by atoms with van der Waals surface area (Å²) in [5.41, 5.74) is 9.90. The second kappa shape index (κ2) is 6.64. The Hall–Kier alpha value is -2.55. The van der Waals surface area contributed by atoms with E-state index >= 15 is 0 Å². The lowest BCUT2D eigenvalue weighted by molar-refractivity contribution is -0.110. The van der Waals surface area contributed by atoms with Crippen molar-refractivity contribution < 1.29 is 14.6 Å². The Kier molecular flexibility index (Phi) is 4.31. The first-order valence-electron chi connectivity index (χ1n) is 8.12. The number of hydrogen-bond donors (Lipinski definition) is 5. The second-order valence-electron chi connectivity index (χ2n) is 5.93. The third-order valence-electron chi connectivity index (χ3n) is 4.21. The van der Waals surface area contributed by atoms with E-state index in [2.05, 4.69) is 31.9 Å². The van der Waals surface area contributed by atoms with Crippen molar-refractivity contribution in [3.63, 3.8) is 0 Å². The molecule has 0 bridgehead atoms. The zero-order valence-electron chi connectivity index (χ0n) is 13.7. The monoisotopic (exact) mass is 416 g/mol. The fraction of sp³-hybridized carbons (Fsp3) is 0.167. The lowest BCUT2D eigenvalue weighted by Crippen LogP contribution is -2.23. The van der Waals surface area contributed by atoms with E-state index in [1.807, 2.05) is 24.3 Å². The second-order valence-corrected chi connectivity index (χ2v) is 6.85. The molecule has 26 heavy (non-hydrogen) atoms. The number of halogens is 1. The van der Waals surface area contributed by atoms with E-state index in [-0.39, 0.29) is 5.91 Å². The van der Waals surface area contributed by atoms with Crippen molar-refractivity contribution in [3.05, 3.63) is 52.0 Å². The normalized spacial score (nSPS) is 19.2. The van der Waals surface area contributed by atoms with Crippen LogP contribution in [0.4, 0.5) is 11.4 Å². The van der Waals surface area contributed by atoms with Crippen molar-refractivity contribution in [2.45, 2.75) is 6.41 Å². The molecule has 2 aromatic carbocycles. The number of aliphatic hydroxyl groups is 1. The van der Waals surface area contributed by atoms with Crippen molar-refractivity contribution >= 4 is 44.5 Å². The van der Waals surface area contributed by atoms with E-state index in [0.717, 1.165) is 21.3 Å². The third-order valence-corrected chi connectivity index (χ3v) is 4.70. The molecule has 0 saturated heterocycles. The van der Waals surface area contributed by atoms with Gasteiger partial charge in [0.15, 0.2) is 0 Å². The molecule has 2 aromatic rings. The Labute approximate surface area is 158 Å². The fourth-order valence-corrected chi connectivity index (χ4v) is 3.46. The SMILES string of the molecule is NCCN/C(=C1\C(=O)Nc2ccc(Br)cc21)c1ccc2c(c1)OC(O)N2. The Morgan fingerprint density at radius 1 is 1.27 bits per heavy atom. The molecule has 1 amide bonds. The van der Waals surface area contributed by atoms with Crippen LogP contribution in [0.5, 0.6) is 5.75 Å². The Balaban J connectivity index is 1.86. The maximum absolute atomic E-state index is 12.7. The smallest absolute Gasteiger partial charge is 0.279 e. The first kappa shape index (κ1) is 16.9. The van der Waals surface area contributed by atoms with Crippen LogP contribution in [0.2, 0.25) is 0 Å². The molecule has 2 heterocycles. The molecule has 2 aliphatic rings. The summed E-state index contributed by atoms with van der Waals surface area (Å²) in [6.45, 7) is 0.930. The largest absolute Gasteiger partial charge is 0.445 e. The zero-order chi connectivity index (χ0) is 18.3. The van der Waals surface area contributed by atoms with E-state index in [1.165, 1.54) is 0 Å². The number of carbonyl (C=O) groups is 1. The first-order chi connectivity index (χ1) is 12.6. The van der Waals surface area contributed by atoms with Gasteiger partial charge in [-0.15, -0.1) is 0 Å². The maximum Gasteiger partial charge on any atom is 0.279 e. The molecule has 0 aliphatic carbocycles. The molecule has 4 rings (SSSR count). The number of hydrogen-bond acceptors (Lipinski definition) is 6. The number of ether oxygens (including phenoxy) is 1. The molecule has 1 unspecified atom stereocenters. The van der Waals surface area contributed by atoms with Gasteiger partial charge in [0.05, 0.1) is 17.0 Å². The lowest BCUT2D eigenvalue weighted by atomic mass is 10.00. The zero-order valence-corrected chi connectivity index (χ0v) is 15.3. The van der Waals surface area contributed by atoms with Crippen LogP contribution < -0.4 is 26.4 Å². The Morgan fingerprint density at radius 3 is 2.88 bits per heavy atom. The van der Waals surface area contributed by atoms with Gasteiger partial charge < -0.3 is 31.5 Å². The molecule has 0 saturated carbocycles. The molecular weight excluding hydrogens is 400 g/mol. The highest BCUT2D eigenvalue weighted by molar-refractivity contribution is 9.10. The predicted octanol–water partition coefficient (Wildman–Crippen LogP) is 1.90. The molecule has 6 N–H and O–H groups in total. The Morgan fingerprint density at radius 2 is 2.08 bits per heavy atom. The highest BCUT2D eigenvalue weighted by Gasteiger charge is 2.29. The standard InChI is InChI=1S/C18H17BrN4O3/c19-10-2-4-12-11(8-10)15(17(24)22-12)16(21-6-5-20)9-1-3-13-14(7-9)26-18(25)23-13/h1-4,7-8,18,21,23,25H,5-6,20H2,(H,22,24)/b16-15-. The van der Waals surface area contributed by atoms with Gasteiger partial charge in [0.1, 0.15) is 5.75 Å². The minimum atomic E-state index is -1.07. The van der Waals surface area contributed by atoms with E-state index in [4.69, 9.17) is 10.5 Å². The van der Waals surface area contributed by atoms with Gasteiger partial charge in [-0.1, -0.05) is 22.0 Å². The molecule has 2 aliphatic heterocycles. The number of carbonyl (C=O) groups excluding carboxylic acids is 1. The minimum absolute atomic E-state index is 0.183. The van der Waals surface area contributed by atoms with Gasteiger partial charge in [-0.2, -0.15) is 0 Å². The summed E-state index contributed by atoms with van der Waals surface area (Å²) in [7, 11) is 0. The quantitative estimate of drug-likeness (QED) is 0.487. The number of aliphatic hydroxyl groups excluding tert-OH is 1. The minimum Gasteiger partial charge on any atom is -0.445 e. The number of rotatable bonds is 4. The lowest BCUT2D eigenvalue weighted by Gasteiger charge is -2.14. The van der Waals surface area contributed by atoms with Crippen molar-refractivity contribution in [3.8, 4) is 5.75 Å². The number of benzene rings is 2. The van der Waals surface area contributed by atoms with Crippen LogP contribution in [-0.2, 0) is 4.79 Å². The van der Waals surface area contributed by atoms with Gasteiger partial charge in [-0.25, -0.2) is 0 Å². The van der Waals surface area contributed by atoms with Crippen molar-refractivity contribution in [1.29, 1.82) is 0 Å². The number of anilines is 2. The Bertz CT molecular complexity index is 929. The molecule has 134 valence electrons. The van der Waals surface area contributed by atoms with Gasteiger partial charge in [-0.3, -0.25) is 4.79 Å². The van der Waals surface area contributed by atoms with Crippen LogP contribution in [0.3, 0.4) is 0 Å². The summed E-state index contributed by atoms with van der Waals surface area (Å²) in [6.07, 6.45) is -1.07. The van der Waals surface area contributed by atoms with Crippen LogP contribution in [0.25, 0.3) is 11.3 Å². The highest BCUT2D eigenvalue weighted by Crippen LogP contribution is 2.40. The molecule has 1 atom stereocenters. The summed E-state index contributed by atoms with van der Waals surface area (Å²) in [5.74, 6) is 0.340. The van der Waals surface area contributed by atoms with Gasteiger partial charge in [0.2, 0.25) is 0 Å². The summed E-state index contributed by atoms with van der Waals surface area (Å²) in [4.78, 5) is 12.7. The summed E-state index contributed by atoms with van der Waals surface area (Å²) < 4.78 is 6.22. The molecule has 8 heteroatoms. The highest BCUT2D eigenvalue weighted by atomic mass is 79.9. The van der Waals surface area contributed by atoms with Crippen LogP contribution >= 0.6 is 15.9 Å². The third kappa shape index (κ3) is 2.92. The van der Waals surface area contributed by atoms with Gasteiger partial charge in [-0.05, 0) is 30.3 Å². The van der Waals surface area contributed by atoms with E-state index in [0.29, 0.717) is 35.8 Å². The van der Waals surface area contributed by atoms with Gasteiger partial charge >= 0.3 is 0 Å². The van der Waals surface area contributed by atoms with E-state index < -0.39 is 6.41 Å². The van der Waals surface area contributed by atoms with Crippen LogP contribution in [0.15, 0.2) is 40.9 Å². The van der Waals surface area contributed by atoms with Gasteiger partial charge in [0.25, 0.3) is 12.3 Å². The molecular formula is C18H17BrN4O3. The van der Waals surface area contributed by atoms with Crippen LogP contribution in [0.1, 0.15) is 11.1 Å². The van der Waals surface area contributed by atoms with Crippen LogP contribution in [0, 0.1) is 0 Å². The summed E-state index contributed by atoms with van der Waals surface area (Å²) in [5, 5.41) is 18.5. The van der Waals surface area contributed by atoms with Crippen LogP contribution in [-0.4, -0.2) is 30.5 Å². The van der Waals surface area contributed by atoms with Crippen molar-refractivity contribution in [1.82, 2.24) is 5.32 Å². The molecule has 7 nitrogen and oxygen atoms in total. The average Bonchev–Trinajstić information content (AvgIpc) is 3.13.